The Morgan fingerprint density at radius 2 is 1.45 bits per heavy atom. The Morgan fingerprint density at radius 1 is 0.871 bits per heavy atom. The summed E-state index contributed by atoms with van der Waals surface area (Å²) in [5.41, 5.74) is 4.37. The molecule has 1 saturated heterocycles. The van der Waals surface area contributed by atoms with E-state index in [1.54, 1.807) is 24.3 Å². The maximum absolute atomic E-state index is 13.1. The minimum absolute atomic E-state index is 0.201. The smallest absolute Gasteiger partial charge is 0.270 e. The van der Waals surface area contributed by atoms with Gasteiger partial charge in [-0.2, -0.15) is 0 Å². The van der Waals surface area contributed by atoms with Gasteiger partial charge >= 0.3 is 0 Å². The van der Waals surface area contributed by atoms with Crippen molar-refractivity contribution in [2.24, 2.45) is 0 Å². The molecule has 4 rings (SSSR count). The van der Waals surface area contributed by atoms with Gasteiger partial charge in [0.15, 0.2) is 4.32 Å². The molecule has 9 heteroatoms. The molecule has 0 N–H and O–H groups in total. The highest BCUT2D eigenvalue weighted by Crippen LogP contribution is 2.38. The van der Waals surface area contributed by atoms with E-state index in [0.29, 0.717) is 35.0 Å². The molecule has 3 aromatic rings. The lowest BCUT2D eigenvalue weighted by Crippen LogP contribution is -2.27. The number of hydrogen-bond acceptors (Lipinski definition) is 3. The fourth-order valence-electron chi connectivity index (χ4n) is 3.41. The number of halogens is 4. The van der Waals surface area contributed by atoms with Gasteiger partial charge in [-0.05, 0) is 68.0 Å². The van der Waals surface area contributed by atoms with E-state index in [4.69, 9.17) is 58.6 Å². The maximum Gasteiger partial charge on any atom is 0.270 e. The molecular weight excluding hydrogens is 514 g/mol. The van der Waals surface area contributed by atoms with Gasteiger partial charge in [0.1, 0.15) is 0 Å². The van der Waals surface area contributed by atoms with Crippen LogP contribution in [0.5, 0.6) is 0 Å². The van der Waals surface area contributed by atoms with Gasteiger partial charge in [-0.15, -0.1) is 0 Å². The van der Waals surface area contributed by atoms with E-state index >= 15 is 0 Å². The Morgan fingerprint density at radius 3 is 2.06 bits per heavy atom. The number of aryl methyl sites for hydroxylation is 1. The van der Waals surface area contributed by atoms with Crippen LogP contribution in [0, 0.1) is 13.8 Å². The van der Waals surface area contributed by atoms with E-state index in [9.17, 15) is 4.79 Å². The molecule has 0 bridgehead atoms. The Bertz CT molecular complexity index is 1280. The summed E-state index contributed by atoms with van der Waals surface area (Å²) in [7, 11) is 0. The lowest BCUT2D eigenvalue weighted by atomic mass is 10.2. The Kier molecular flexibility index (Phi) is 6.46. The first kappa shape index (κ1) is 22.7. The van der Waals surface area contributed by atoms with Crippen molar-refractivity contribution in [3.8, 4) is 5.69 Å². The van der Waals surface area contributed by atoms with Gasteiger partial charge in [0, 0.05) is 17.1 Å². The number of carbonyl (C=O) groups excluding carboxylic acids is 1. The summed E-state index contributed by atoms with van der Waals surface area (Å²) in [6.07, 6.45) is 1.85. The van der Waals surface area contributed by atoms with Crippen molar-refractivity contribution < 1.29 is 4.79 Å². The zero-order valence-electron chi connectivity index (χ0n) is 16.2. The van der Waals surface area contributed by atoms with E-state index < -0.39 is 0 Å². The molecular formula is C22H14Cl4N2OS2. The van der Waals surface area contributed by atoms with Crippen LogP contribution < -0.4 is 4.90 Å². The highest BCUT2D eigenvalue weighted by atomic mass is 35.5. The zero-order chi connectivity index (χ0) is 22.4. The second-order valence-corrected chi connectivity index (χ2v) is 10.2. The van der Waals surface area contributed by atoms with Crippen molar-refractivity contribution in [3.05, 3.63) is 84.4 Å². The Hall–Kier alpha value is -1.47. The van der Waals surface area contributed by atoms with E-state index in [2.05, 4.69) is 4.57 Å². The fraction of sp³-hybridized carbons (Fsp3) is 0.0909. The van der Waals surface area contributed by atoms with Crippen LogP contribution in [0.2, 0.25) is 20.1 Å². The van der Waals surface area contributed by atoms with Crippen molar-refractivity contribution in [1.82, 2.24) is 4.57 Å². The molecule has 1 aliphatic rings. The molecule has 31 heavy (non-hydrogen) atoms. The minimum atomic E-state index is -0.201. The van der Waals surface area contributed by atoms with Gasteiger partial charge in [0.2, 0.25) is 0 Å². The van der Waals surface area contributed by atoms with Gasteiger partial charge < -0.3 is 4.57 Å². The minimum Gasteiger partial charge on any atom is -0.318 e. The molecule has 2 aromatic carbocycles. The van der Waals surface area contributed by atoms with E-state index in [0.717, 1.165) is 22.6 Å². The molecule has 0 aliphatic carbocycles. The highest BCUT2D eigenvalue weighted by molar-refractivity contribution is 8.27. The predicted octanol–water partition coefficient (Wildman–Crippen LogP) is 8.11. The normalized spacial score (nSPS) is 15.4. The number of benzene rings is 2. The molecule has 0 saturated carbocycles. The SMILES string of the molecule is Cc1cc(/C=C2/SC(=S)N(c3ccc(Cl)c(Cl)c3)C2=O)c(C)n1-c1ccc(Cl)c(Cl)c1. The lowest BCUT2D eigenvalue weighted by Gasteiger charge is -2.15. The van der Waals surface area contributed by atoms with Crippen molar-refractivity contribution in [2.45, 2.75) is 13.8 Å². The second-order valence-electron chi connectivity index (χ2n) is 6.88. The predicted molar refractivity (Wildman–Crippen MR) is 137 cm³/mol. The maximum atomic E-state index is 13.1. The van der Waals surface area contributed by atoms with Crippen LogP contribution >= 0.6 is 70.4 Å². The second kappa shape index (κ2) is 8.81. The van der Waals surface area contributed by atoms with Crippen molar-refractivity contribution >= 4 is 92.4 Å². The van der Waals surface area contributed by atoms with Crippen LogP contribution in [0.4, 0.5) is 5.69 Å². The van der Waals surface area contributed by atoms with Crippen molar-refractivity contribution in [3.63, 3.8) is 0 Å². The standard InChI is InChI=1S/C22H14Cl4N2OS2/c1-11-7-13(12(2)27(11)14-3-5-16(23)18(25)9-14)8-20-21(29)28(22(30)31-20)15-4-6-17(24)19(26)10-15/h3-10H,1-2H3/b20-8+. The highest BCUT2D eigenvalue weighted by Gasteiger charge is 2.33. The third-order valence-corrected chi connectivity index (χ3v) is 7.65. The zero-order valence-corrected chi connectivity index (χ0v) is 20.9. The van der Waals surface area contributed by atoms with Gasteiger partial charge in [0.05, 0.1) is 30.7 Å². The van der Waals surface area contributed by atoms with Gasteiger partial charge in [-0.1, -0.05) is 70.4 Å². The average molecular weight is 528 g/mol. The summed E-state index contributed by atoms with van der Waals surface area (Å²) in [6.45, 7) is 3.98. The quantitative estimate of drug-likeness (QED) is 0.254. The van der Waals surface area contributed by atoms with Crippen LogP contribution in [0.3, 0.4) is 0 Å². The number of anilines is 1. The molecule has 3 nitrogen and oxygen atoms in total. The number of aromatic nitrogens is 1. The monoisotopic (exact) mass is 526 g/mol. The summed E-state index contributed by atoms with van der Waals surface area (Å²) in [5.74, 6) is -0.201. The van der Waals surface area contributed by atoms with E-state index in [1.807, 2.05) is 38.1 Å². The molecule has 1 amide bonds. The number of thioether (sulfide) groups is 1. The van der Waals surface area contributed by atoms with Crippen LogP contribution in [-0.4, -0.2) is 14.8 Å². The third-order valence-electron chi connectivity index (χ3n) is 4.87. The van der Waals surface area contributed by atoms with Crippen LogP contribution in [0.1, 0.15) is 17.0 Å². The van der Waals surface area contributed by atoms with Crippen LogP contribution in [0.15, 0.2) is 47.4 Å². The summed E-state index contributed by atoms with van der Waals surface area (Å²) in [5, 5.41) is 1.76. The van der Waals surface area contributed by atoms with E-state index in [-0.39, 0.29) is 5.91 Å². The molecule has 0 radical (unpaired) electrons. The van der Waals surface area contributed by atoms with Gasteiger partial charge in [-0.25, -0.2) is 0 Å². The molecule has 2 heterocycles. The van der Waals surface area contributed by atoms with Gasteiger partial charge in [-0.3, -0.25) is 9.69 Å². The first-order valence-corrected chi connectivity index (χ1v) is 11.8. The molecule has 0 spiro atoms. The van der Waals surface area contributed by atoms with E-state index in [1.165, 1.54) is 16.7 Å². The Balaban J connectivity index is 1.71. The average Bonchev–Trinajstić information content (AvgIpc) is 3.15. The lowest BCUT2D eigenvalue weighted by molar-refractivity contribution is -0.113. The number of hydrogen-bond donors (Lipinski definition) is 0. The molecule has 0 atom stereocenters. The molecule has 158 valence electrons. The van der Waals surface area contributed by atoms with Crippen molar-refractivity contribution in [1.29, 1.82) is 0 Å². The number of rotatable bonds is 3. The first-order chi connectivity index (χ1) is 14.7. The first-order valence-electron chi connectivity index (χ1n) is 9.04. The summed E-state index contributed by atoms with van der Waals surface area (Å²) >= 11 is 31.1. The summed E-state index contributed by atoms with van der Waals surface area (Å²) < 4.78 is 2.50. The number of nitrogens with zero attached hydrogens (tertiary/aromatic N) is 2. The number of amides is 1. The topological polar surface area (TPSA) is 25.2 Å². The van der Waals surface area contributed by atoms with Crippen LogP contribution in [-0.2, 0) is 4.79 Å². The molecule has 0 unspecified atom stereocenters. The third kappa shape index (κ3) is 4.28. The number of carbonyl (C=O) groups is 1. The van der Waals surface area contributed by atoms with Crippen LogP contribution in [0.25, 0.3) is 11.8 Å². The van der Waals surface area contributed by atoms with Gasteiger partial charge in [0.25, 0.3) is 5.91 Å². The summed E-state index contributed by atoms with van der Waals surface area (Å²) in [6, 6.07) is 12.5. The molecule has 1 aliphatic heterocycles. The molecule has 1 fully saturated rings. The summed E-state index contributed by atoms with van der Waals surface area (Å²) in [4.78, 5) is 15.1. The largest absolute Gasteiger partial charge is 0.318 e. The number of thiocarbonyl (C=S) groups is 1. The fourth-order valence-corrected chi connectivity index (χ4v) is 5.29. The Labute approximate surface area is 209 Å². The molecule has 1 aromatic heterocycles. The van der Waals surface area contributed by atoms with Crippen molar-refractivity contribution in [2.75, 3.05) is 4.90 Å².